The van der Waals surface area contributed by atoms with E-state index in [2.05, 4.69) is 21.2 Å². The summed E-state index contributed by atoms with van der Waals surface area (Å²) < 4.78 is 6.14. The molecule has 1 aromatic rings. The Morgan fingerprint density at radius 2 is 2.14 bits per heavy atom. The first-order valence-corrected chi connectivity index (χ1v) is 7.91. The number of benzene rings is 1. The number of ether oxygens (including phenoxy) is 1. The monoisotopic (exact) mass is 392 g/mol. The van der Waals surface area contributed by atoms with E-state index in [9.17, 15) is 4.79 Å². The Hall–Kier alpha value is -0.620. The molecule has 0 spiro atoms. The van der Waals surface area contributed by atoms with Crippen LogP contribution in [0.25, 0.3) is 0 Å². The van der Waals surface area contributed by atoms with Crippen molar-refractivity contribution in [3.8, 4) is 0 Å². The van der Waals surface area contributed by atoms with Gasteiger partial charge in [-0.15, -0.1) is 12.4 Å². The maximum absolute atomic E-state index is 12.4. The minimum Gasteiger partial charge on any atom is -0.385 e. The molecule has 0 heterocycles. The quantitative estimate of drug-likeness (QED) is 0.714. The van der Waals surface area contributed by atoms with Crippen LogP contribution >= 0.6 is 28.3 Å². The molecule has 1 unspecified atom stereocenters. The zero-order valence-corrected chi connectivity index (χ0v) is 15.8. The fourth-order valence-electron chi connectivity index (χ4n) is 1.99. The molecule has 0 saturated heterocycles. The summed E-state index contributed by atoms with van der Waals surface area (Å²) in [4.78, 5) is 12.4. The van der Waals surface area contributed by atoms with Crippen LogP contribution in [0.4, 0.5) is 0 Å². The fourth-order valence-corrected chi connectivity index (χ4v) is 2.44. The van der Waals surface area contributed by atoms with Gasteiger partial charge in [0.05, 0.1) is 0 Å². The second-order valence-corrected chi connectivity index (χ2v) is 6.93. The fraction of sp³-hybridized carbons (Fsp3) is 0.562. The lowest BCUT2D eigenvalue weighted by atomic mass is 9.95. The van der Waals surface area contributed by atoms with E-state index in [1.165, 1.54) is 0 Å². The minimum atomic E-state index is -0.406. The number of amides is 1. The standard InChI is InChI=1S/C16H25BrN2O2.ClH/c1-16(2,18)11-19-15(20)13(7-8-21-3)9-12-5-4-6-14(17)10-12;/h4-6,10,13H,7-9,11,18H2,1-3H3,(H,19,20);1H. The van der Waals surface area contributed by atoms with Gasteiger partial charge < -0.3 is 15.8 Å². The van der Waals surface area contributed by atoms with E-state index in [0.717, 1.165) is 10.0 Å². The maximum atomic E-state index is 12.4. The van der Waals surface area contributed by atoms with Crippen LogP contribution in [-0.2, 0) is 16.0 Å². The molecule has 0 fully saturated rings. The zero-order valence-electron chi connectivity index (χ0n) is 13.4. The van der Waals surface area contributed by atoms with Crippen molar-refractivity contribution in [3.05, 3.63) is 34.3 Å². The van der Waals surface area contributed by atoms with Crippen LogP contribution < -0.4 is 11.1 Å². The Balaban J connectivity index is 0.00000441. The second kappa shape index (κ2) is 10.2. The van der Waals surface area contributed by atoms with Gasteiger partial charge in [0.2, 0.25) is 5.91 Å². The molecule has 1 atom stereocenters. The number of rotatable bonds is 8. The number of nitrogens with one attached hydrogen (secondary N) is 1. The van der Waals surface area contributed by atoms with Crippen molar-refractivity contribution < 1.29 is 9.53 Å². The highest BCUT2D eigenvalue weighted by atomic mass is 79.9. The molecule has 0 saturated carbocycles. The summed E-state index contributed by atoms with van der Waals surface area (Å²) in [5, 5.41) is 2.94. The van der Waals surface area contributed by atoms with E-state index in [1.54, 1.807) is 7.11 Å². The Labute approximate surface area is 147 Å². The van der Waals surface area contributed by atoms with E-state index in [1.807, 2.05) is 38.1 Å². The highest BCUT2D eigenvalue weighted by Gasteiger charge is 2.21. The van der Waals surface area contributed by atoms with Crippen LogP contribution in [0, 0.1) is 5.92 Å². The largest absolute Gasteiger partial charge is 0.385 e. The molecule has 1 aromatic carbocycles. The zero-order chi connectivity index (χ0) is 15.9. The average molecular weight is 394 g/mol. The van der Waals surface area contributed by atoms with Crippen molar-refractivity contribution in [3.63, 3.8) is 0 Å². The summed E-state index contributed by atoms with van der Waals surface area (Å²) in [6.45, 7) is 4.82. The smallest absolute Gasteiger partial charge is 0.223 e. The van der Waals surface area contributed by atoms with Crippen molar-refractivity contribution in [1.29, 1.82) is 0 Å². The summed E-state index contributed by atoms with van der Waals surface area (Å²) >= 11 is 3.46. The van der Waals surface area contributed by atoms with Gasteiger partial charge in [0, 0.05) is 36.2 Å². The van der Waals surface area contributed by atoms with Gasteiger partial charge in [0.1, 0.15) is 0 Å². The summed E-state index contributed by atoms with van der Waals surface area (Å²) in [6.07, 6.45) is 1.39. The second-order valence-electron chi connectivity index (χ2n) is 6.02. The third-order valence-corrected chi connectivity index (χ3v) is 3.62. The molecule has 0 radical (unpaired) electrons. The van der Waals surface area contributed by atoms with Crippen molar-refractivity contribution in [2.24, 2.45) is 11.7 Å². The third kappa shape index (κ3) is 8.73. The maximum Gasteiger partial charge on any atom is 0.223 e. The van der Waals surface area contributed by atoms with Crippen LogP contribution in [-0.4, -0.2) is 31.7 Å². The first-order valence-electron chi connectivity index (χ1n) is 7.12. The van der Waals surface area contributed by atoms with Gasteiger partial charge >= 0.3 is 0 Å². The number of halogens is 2. The van der Waals surface area contributed by atoms with E-state index in [-0.39, 0.29) is 24.2 Å². The molecule has 0 bridgehead atoms. The molecule has 3 N–H and O–H groups in total. The van der Waals surface area contributed by atoms with E-state index in [4.69, 9.17) is 10.5 Å². The molecular formula is C16H26BrClN2O2. The predicted octanol–water partition coefficient (Wildman–Crippen LogP) is 2.92. The number of hydrogen-bond donors (Lipinski definition) is 2. The van der Waals surface area contributed by atoms with Gasteiger partial charge in [-0.3, -0.25) is 4.79 Å². The molecule has 0 aliphatic heterocycles. The average Bonchev–Trinajstić information content (AvgIpc) is 2.40. The highest BCUT2D eigenvalue weighted by molar-refractivity contribution is 9.10. The van der Waals surface area contributed by atoms with Gasteiger partial charge in [-0.2, -0.15) is 0 Å². The van der Waals surface area contributed by atoms with Crippen LogP contribution in [0.5, 0.6) is 0 Å². The summed E-state index contributed by atoms with van der Waals surface area (Å²) in [6, 6.07) is 8.03. The number of methoxy groups -OCH3 is 1. The Kier molecular flexibility index (Phi) is 9.92. The lowest BCUT2D eigenvalue weighted by molar-refractivity contribution is -0.125. The van der Waals surface area contributed by atoms with Crippen molar-refractivity contribution >= 4 is 34.2 Å². The van der Waals surface area contributed by atoms with Crippen LogP contribution in [0.15, 0.2) is 28.7 Å². The normalized spacial score (nSPS) is 12.4. The topological polar surface area (TPSA) is 64.3 Å². The molecule has 0 aliphatic carbocycles. The van der Waals surface area contributed by atoms with Gasteiger partial charge in [-0.1, -0.05) is 28.1 Å². The first kappa shape index (κ1) is 21.4. The molecule has 126 valence electrons. The molecular weight excluding hydrogens is 368 g/mol. The minimum absolute atomic E-state index is 0. The van der Waals surface area contributed by atoms with Crippen LogP contribution in [0.1, 0.15) is 25.8 Å². The molecule has 0 aliphatic rings. The molecule has 6 heteroatoms. The Morgan fingerprint density at radius 1 is 1.45 bits per heavy atom. The lowest BCUT2D eigenvalue weighted by Gasteiger charge is -2.22. The summed E-state index contributed by atoms with van der Waals surface area (Å²) in [5.41, 5.74) is 6.64. The van der Waals surface area contributed by atoms with Gasteiger partial charge in [-0.05, 0) is 44.4 Å². The Bertz CT molecular complexity index is 464. The van der Waals surface area contributed by atoms with Crippen molar-refractivity contribution in [1.82, 2.24) is 5.32 Å². The Morgan fingerprint density at radius 3 is 2.68 bits per heavy atom. The predicted molar refractivity (Wildman–Crippen MR) is 96.4 cm³/mol. The molecule has 0 aromatic heterocycles. The van der Waals surface area contributed by atoms with E-state index >= 15 is 0 Å². The van der Waals surface area contributed by atoms with Gasteiger partial charge in [-0.25, -0.2) is 0 Å². The van der Waals surface area contributed by atoms with Crippen molar-refractivity contribution in [2.45, 2.75) is 32.2 Å². The van der Waals surface area contributed by atoms with E-state index in [0.29, 0.717) is 26.0 Å². The SMILES string of the molecule is COCCC(Cc1cccc(Br)c1)C(=O)NCC(C)(C)N.Cl. The molecule has 22 heavy (non-hydrogen) atoms. The highest BCUT2D eigenvalue weighted by Crippen LogP contribution is 2.17. The van der Waals surface area contributed by atoms with E-state index < -0.39 is 5.54 Å². The third-order valence-electron chi connectivity index (χ3n) is 3.13. The molecule has 4 nitrogen and oxygen atoms in total. The van der Waals surface area contributed by atoms with Crippen LogP contribution in [0.2, 0.25) is 0 Å². The molecule has 1 rings (SSSR count). The lowest BCUT2D eigenvalue weighted by Crippen LogP contribution is -2.47. The van der Waals surface area contributed by atoms with Crippen LogP contribution in [0.3, 0.4) is 0 Å². The number of carbonyl (C=O) groups is 1. The molecule has 1 amide bonds. The number of nitrogens with two attached hydrogens (primary N) is 1. The van der Waals surface area contributed by atoms with Crippen molar-refractivity contribution in [2.75, 3.05) is 20.3 Å². The van der Waals surface area contributed by atoms with Gasteiger partial charge in [0.25, 0.3) is 0 Å². The summed E-state index contributed by atoms with van der Waals surface area (Å²) in [5.74, 6) is -0.0767. The summed E-state index contributed by atoms with van der Waals surface area (Å²) in [7, 11) is 1.65. The number of hydrogen-bond acceptors (Lipinski definition) is 3. The van der Waals surface area contributed by atoms with Gasteiger partial charge in [0.15, 0.2) is 0 Å². The first-order chi connectivity index (χ1) is 9.81. The number of carbonyl (C=O) groups excluding carboxylic acids is 1.